The first-order valence-electron chi connectivity index (χ1n) is 5.83. The zero-order valence-electron chi connectivity index (χ0n) is 11.5. The number of anilines is 1. The first-order chi connectivity index (χ1) is 9.26. The van der Waals surface area contributed by atoms with Gasteiger partial charge in [0.2, 0.25) is 0 Å². The van der Waals surface area contributed by atoms with E-state index in [1.165, 1.54) is 14.2 Å². The minimum absolute atomic E-state index is 0.0132. The molecule has 1 rings (SSSR count). The Kier molecular flexibility index (Phi) is 6.21. The molecule has 1 aromatic rings. The van der Waals surface area contributed by atoms with E-state index in [2.05, 4.69) is 32.0 Å². The Labute approximate surface area is 132 Å². The predicted molar refractivity (Wildman–Crippen MR) is 85.7 cm³/mol. The van der Waals surface area contributed by atoms with Gasteiger partial charge in [0.15, 0.2) is 0 Å². The van der Waals surface area contributed by atoms with Crippen molar-refractivity contribution in [3.05, 3.63) is 27.3 Å². The molecule has 0 saturated heterocycles. The number of aryl methyl sites for hydroxylation is 1. The van der Waals surface area contributed by atoms with E-state index in [1.807, 2.05) is 13.0 Å². The van der Waals surface area contributed by atoms with Crippen molar-refractivity contribution < 1.29 is 17.9 Å². The summed E-state index contributed by atoms with van der Waals surface area (Å²) in [4.78, 5) is 11.0. The third-order valence-electron chi connectivity index (χ3n) is 2.69. The van der Waals surface area contributed by atoms with Crippen LogP contribution >= 0.6 is 22.6 Å². The summed E-state index contributed by atoms with van der Waals surface area (Å²) in [6.07, 6.45) is 0.0132. The first kappa shape index (κ1) is 17.2. The Hall–Kier alpha value is -0.870. The summed E-state index contributed by atoms with van der Waals surface area (Å²) < 4.78 is 33.1. The molecular weight excluding hydrogens is 395 g/mol. The maximum atomic E-state index is 12.1. The number of ether oxygens (including phenoxy) is 1. The van der Waals surface area contributed by atoms with Crippen molar-refractivity contribution in [3.8, 4) is 0 Å². The van der Waals surface area contributed by atoms with E-state index in [4.69, 9.17) is 0 Å². The van der Waals surface area contributed by atoms with E-state index in [1.54, 1.807) is 12.1 Å². The largest absolute Gasteiger partial charge is 0.469 e. The van der Waals surface area contributed by atoms with Gasteiger partial charge >= 0.3 is 16.2 Å². The van der Waals surface area contributed by atoms with Crippen molar-refractivity contribution in [2.24, 2.45) is 0 Å². The van der Waals surface area contributed by atoms with Gasteiger partial charge in [0.05, 0.1) is 19.2 Å². The van der Waals surface area contributed by atoms with Crippen molar-refractivity contribution in [1.82, 2.24) is 4.31 Å². The Morgan fingerprint density at radius 1 is 1.45 bits per heavy atom. The lowest BCUT2D eigenvalue weighted by atomic mass is 10.2. The number of halogens is 1. The van der Waals surface area contributed by atoms with Crippen LogP contribution in [0, 0.1) is 10.5 Å². The number of nitrogens with zero attached hydrogens (tertiary/aromatic N) is 1. The summed E-state index contributed by atoms with van der Waals surface area (Å²) in [7, 11) is -1.00. The van der Waals surface area contributed by atoms with E-state index in [0.29, 0.717) is 5.69 Å². The van der Waals surface area contributed by atoms with Crippen molar-refractivity contribution in [1.29, 1.82) is 0 Å². The molecule has 20 heavy (non-hydrogen) atoms. The van der Waals surface area contributed by atoms with Gasteiger partial charge in [-0.2, -0.15) is 12.7 Å². The molecule has 0 aromatic heterocycles. The molecule has 6 nitrogen and oxygen atoms in total. The van der Waals surface area contributed by atoms with Gasteiger partial charge in [0.1, 0.15) is 0 Å². The van der Waals surface area contributed by atoms with Crippen LogP contribution in [-0.4, -0.2) is 39.4 Å². The number of rotatable bonds is 6. The summed E-state index contributed by atoms with van der Waals surface area (Å²) in [6, 6.07) is 5.29. The average Bonchev–Trinajstić information content (AvgIpc) is 2.39. The maximum Gasteiger partial charge on any atom is 0.306 e. The SMILES string of the molecule is COC(=O)CCN(C)S(=O)(=O)Nc1ccc(C)c(I)c1. The minimum Gasteiger partial charge on any atom is -0.469 e. The Morgan fingerprint density at radius 3 is 2.65 bits per heavy atom. The molecule has 0 aliphatic rings. The van der Waals surface area contributed by atoms with E-state index >= 15 is 0 Å². The summed E-state index contributed by atoms with van der Waals surface area (Å²) >= 11 is 2.14. The fourth-order valence-corrected chi connectivity index (χ4v) is 2.78. The standard InChI is InChI=1S/C12H17IN2O4S/c1-9-4-5-10(8-11(9)13)14-20(17,18)15(2)7-6-12(16)19-3/h4-5,8,14H,6-7H2,1-3H3. The van der Waals surface area contributed by atoms with Gasteiger partial charge in [-0.25, -0.2) is 0 Å². The van der Waals surface area contributed by atoms with Gasteiger partial charge < -0.3 is 4.74 Å². The van der Waals surface area contributed by atoms with Crippen LogP contribution in [0.2, 0.25) is 0 Å². The predicted octanol–water partition coefficient (Wildman–Crippen LogP) is 1.75. The first-order valence-corrected chi connectivity index (χ1v) is 8.35. The van der Waals surface area contributed by atoms with Gasteiger partial charge in [0, 0.05) is 17.2 Å². The number of carbonyl (C=O) groups is 1. The van der Waals surface area contributed by atoms with Crippen LogP contribution in [0.1, 0.15) is 12.0 Å². The maximum absolute atomic E-state index is 12.1. The molecule has 0 atom stereocenters. The number of hydrogen-bond acceptors (Lipinski definition) is 4. The number of methoxy groups -OCH3 is 1. The highest BCUT2D eigenvalue weighted by molar-refractivity contribution is 14.1. The molecule has 0 bridgehead atoms. The molecule has 0 aliphatic heterocycles. The second-order valence-corrected chi connectivity index (χ2v) is 7.16. The molecule has 0 spiro atoms. The van der Waals surface area contributed by atoms with Crippen LogP contribution in [0.15, 0.2) is 18.2 Å². The van der Waals surface area contributed by atoms with Gasteiger partial charge in [-0.15, -0.1) is 0 Å². The zero-order chi connectivity index (χ0) is 15.3. The second-order valence-electron chi connectivity index (χ2n) is 4.22. The van der Waals surface area contributed by atoms with Crippen molar-refractivity contribution in [2.45, 2.75) is 13.3 Å². The minimum atomic E-state index is -3.67. The number of hydrogen-bond donors (Lipinski definition) is 1. The van der Waals surface area contributed by atoms with Gasteiger partial charge in [0.25, 0.3) is 0 Å². The molecule has 1 N–H and O–H groups in total. The number of carbonyl (C=O) groups excluding carboxylic acids is 1. The lowest BCUT2D eigenvalue weighted by Crippen LogP contribution is -2.34. The summed E-state index contributed by atoms with van der Waals surface area (Å²) in [6.45, 7) is 2.01. The third kappa shape index (κ3) is 4.91. The molecule has 112 valence electrons. The normalized spacial score (nSPS) is 11.4. The van der Waals surface area contributed by atoms with Crippen LogP contribution in [0.5, 0.6) is 0 Å². The molecule has 1 aromatic carbocycles. The molecule has 0 heterocycles. The fraction of sp³-hybridized carbons (Fsp3) is 0.417. The van der Waals surface area contributed by atoms with Crippen LogP contribution in [0.25, 0.3) is 0 Å². The van der Waals surface area contributed by atoms with E-state index in [9.17, 15) is 13.2 Å². The topological polar surface area (TPSA) is 75.7 Å². The molecule has 0 unspecified atom stereocenters. The second kappa shape index (κ2) is 7.23. The van der Waals surface area contributed by atoms with Crippen molar-refractivity contribution in [2.75, 3.05) is 25.4 Å². The van der Waals surface area contributed by atoms with Gasteiger partial charge in [-0.1, -0.05) is 6.07 Å². The Morgan fingerprint density at radius 2 is 2.10 bits per heavy atom. The third-order valence-corrected chi connectivity index (χ3v) is 5.35. The highest BCUT2D eigenvalue weighted by Crippen LogP contribution is 2.18. The van der Waals surface area contributed by atoms with Crippen molar-refractivity contribution in [3.63, 3.8) is 0 Å². The van der Waals surface area contributed by atoms with E-state index in [0.717, 1.165) is 13.4 Å². The van der Waals surface area contributed by atoms with E-state index in [-0.39, 0.29) is 13.0 Å². The molecular formula is C12H17IN2O4S. The summed E-state index contributed by atoms with van der Waals surface area (Å²) in [5.41, 5.74) is 1.57. The Balaban J connectivity index is 2.73. The number of benzene rings is 1. The highest BCUT2D eigenvalue weighted by atomic mass is 127. The quantitative estimate of drug-likeness (QED) is 0.571. The summed E-state index contributed by atoms with van der Waals surface area (Å²) in [5.74, 6) is -0.447. The molecule has 0 aliphatic carbocycles. The van der Waals surface area contributed by atoms with E-state index < -0.39 is 16.2 Å². The fourth-order valence-electron chi connectivity index (χ4n) is 1.35. The summed E-state index contributed by atoms with van der Waals surface area (Å²) in [5, 5.41) is 0. The lowest BCUT2D eigenvalue weighted by Gasteiger charge is -2.18. The van der Waals surface area contributed by atoms with Gasteiger partial charge in [-0.05, 0) is 47.2 Å². The Bertz CT molecular complexity index is 589. The number of nitrogens with one attached hydrogen (secondary N) is 1. The monoisotopic (exact) mass is 412 g/mol. The lowest BCUT2D eigenvalue weighted by molar-refractivity contribution is -0.140. The molecule has 0 fully saturated rings. The zero-order valence-corrected chi connectivity index (χ0v) is 14.5. The highest BCUT2D eigenvalue weighted by Gasteiger charge is 2.18. The van der Waals surface area contributed by atoms with Crippen LogP contribution < -0.4 is 4.72 Å². The van der Waals surface area contributed by atoms with Crippen molar-refractivity contribution >= 4 is 44.5 Å². The smallest absolute Gasteiger partial charge is 0.306 e. The van der Waals surface area contributed by atoms with Gasteiger partial charge in [-0.3, -0.25) is 9.52 Å². The molecule has 0 saturated carbocycles. The number of esters is 1. The molecule has 8 heteroatoms. The van der Waals surface area contributed by atoms with Crippen LogP contribution in [-0.2, 0) is 19.7 Å². The average molecular weight is 412 g/mol. The van der Waals surface area contributed by atoms with Crippen LogP contribution in [0.3, 0.4) is 0 Å². The molecule has 0 radical (unpaired) electrons. The molecule has 0 amide bonds. The van der Waals surface area contributed by atoms with Crippen LogP contribution in [0.4, 0.5) is 5.69 Å².